The third-order valence-corrected chi connectivity index (χ3v) is 3.05. The van der Waals surface area contributed by atoms with Gasteiger partial charge >= 0.3 is 5.97 Å². The first-order chi connectivity index (χ1) is 8.88. The minimum Gasteiger partial charge on any atom is -0.478 e. The van der Waals surface area contributed by atoms with Crippen LogP contribution in [-0.4, -0.2) is 21.0 Å². The summed E-state index contributed by atoms with van der Waals surface area (Å²) in [5.41, 5.74) is 2.14. The van der Waals surface area contributed by atoms with E-state index >= 15 is 0 Å². The number of benzene rings is 1. The minimum atomic E-state index is -1.19. The van der Waals surface area contributed by atoms with Crippen molar-refractivity contribution >= 4 is 18.2 Å². The van der Waals surface area contributed by atoms with E-state index in [0.29, 0.717) is 15.9 Å². The lowest BCUT2D eigenvalue weighted by Gasteiger charge is -2.07. The van der Waals surface area contributed by atoms with Gasteiger partial charge in [-0.15, -0.1) is 0 Å². The Morgan fingerprint density at radius 3 is 2.68 bits per heavy atom. The SMILES string of the molecule is Cc1nc(-c2cc(F)cc(C(=O)O)c2)c(=S)[nH]c1C. The van der Waals surface area contributed by atoms with Crippen LogP contribution in [0.15, 0.2) is 18.2 Å². The number of hydrogen-bond donors (Lipinski definition) is 2. The van der Waals surface area contributed by atoms with Crippen molar-refractivity contribution < 1.29 is 14.3 Å². The maximum Gasteiger partial charge on any atom is 0.335 e. The average Bonchev–Trinajstić information content (AvgIpc) is 2.33. The number of carbonyl (C=O) groups is 1. The van der Waals surface area contributed by atoms with Crippen LogP contribution in [0.4, 0.5) is 4.39 Å². The Labute approximate surface area is 114 Å². The van der Waals surface area contributed by atoms with E-state index in [0.717, 1.165) is 17.5 Å². The summed E-state index contributed by atoms with van der Waals surface area (Å²) in [5.74, 6) is -1.83. The molecule has 0 unspecified atom stereocenters. The molecule has 1 aromatic heterocycles. The zero-order valence-corrected chi connectivity index (χ0v) is 11.1. The highest BCUT2D eigenvalue weighted by molar-refractivity contribution is 7.71. The molecule has 98 valence electrons. The molecule has 6 heteroatoms. The van der Waals surface area contributed by atoms with Crippen molar-refractivity contribution in [2.24, 2.45) is 0 Å². The van der Waals surface area contributed by atoms with Crippen LogP contribution in [0.1, 0.15) is 21.7 Å². The second-order valence-corrected chi connectivity index (χ2v) is 4.57. The largest absolute Gasteiger partial charge is 0.478 e. The van der Waals surface area contributed by atoms with Gasteiger partial charge in [-0.1, -0.05) is 12.2 Å². The molecule has 0 saturated carbocycles. The molecular weight excluding hydrogens is 267 g/mol. The van der Waals surface area contributed by atoms with Gasteiger partial charge in [0.15, 0.2) is 0 Å². The molecule has 1 aromatic carbocycles. The van der Waals surface area contributed by atoms with Gasteiger partial charge in [0.05, 0.1) is 11.3 Å². The smallest absolute Gasteiger partial charge is 0.335 e. The highest BCUT2D eigenvalue weighted by Gasteiger charge is 2.11. The van der Waals surface area contributed by atoms with Crippen molar-refractivity contribution in [3.05, 3.63) is 45.6 Å². The first-order valence-electron chi connectivity index (χ1n) is 5.50. The molecule has 0 bridgehead atoms. The van der Waals surface area contributed by atoms with Crippen molar-refractivity contribution in [1.29, 1.82) is 0 Å². The Morgan fingerprint density at radius 2 is 2.05 bits per heavy atom. The molecule has 0 amide bonds. The van der Waals surface area contributed by atoms with E-state index in [2.05, 4.69) is 9.97 Å². The first-order valence-corrected chi connectivity index (χ1v) is 5.91. The van der Waals surface area contributed by atoms with E-state index < -0.39 is 11.8 Å². The van der Waals surface area contributed by atoms with Crippen LogP contribution in [-0.2, 0) is 0 Å². The summed E-state index contributed by atoms with van der Waals surface area (Å²) < 4.78 is 13.8. The number of carboxylic acids is 1. The lowest BCUT2D eigenvalue weighted by molar-refractivity contribution is 0.0696. The molecule has 0 atom stereocenters. The van der Waals surface area contributed by atoms with Crippen LogP contribution in [0.2, 0.25) is 0 Å². The summed E-state index contributed by atoms with van der Waals surface area (Å²) >= 11 is 5.15. The van der Waals surface area contributed by atoms with E-state index in [1.54, 1.807) is 6.92 Å². The molecule has 0 fully saturated rings. The molecule has 0 saturated heterocycles. The third kappa shape index (κ3) is 2.68. The number of aromatic carboxylic acids is 1. The van der Waals surface area contributed by atoms with Crippen LogP contribution in [0.25, 0.3) is 11.3 Å². The molecule has 2 rings (SSSR count). The molecule has 1 heterocycles. The number of aromatic nitrogens is 2. The molecular formula is C13H11FN2O2S. The second kappa shape index (κ2) is 4.89. The predicted molar refractivity (Wildman–Crippen MR) is 71.2 cm³/mol. The number of aromatic amines is 1. The highest BCUT2D eigenvalue weighted by atomic mass is 32.1. The van der Waals surface area contributed by atoms with Crippen LogP contribution in [0.5, 0.6) is 0 Å². The summed E-state index contributed by atoms with van der Waals surface area (Å²) in [6.45, 7) is 3.62. The zero-order chi connectivity index (χ0) is 14.2. The van der Waals surface area contributed by atoms with Gasteiger partial charge in [0.2, 0.25) is 0 Å². The van der Waals surface area contributed by atoms with Gasteiger partial charge in [-0.2, -0.15) is 0 Å². The maximum atomic E-state index is 13.4. The standard InChI is InChI=1S/C13H11FN2O2S/c1-6-7(2)16-12(19)11(15-6)8-3-9(13(17)18)5-10(14)4-8/h3-5H,1-2H3,(H,16,19)(H,17,18). The molecule has 19 heavy (non-hydrogen) atoms. The summed E-state index contributed by atoms with van der Waals surface area (Å²) in [6, 6.07) is 3.53. The number of aryl methyl sites for hydroxylation is 2. The van der Waals surface area contributed by atoms with Gasteiger partial charge in [-0.05, 0) is 32.0 Å². The van der Waals surface area contributed by atoms with Gasteiger partial charge in [-0.25, -0.2) is 14.2 Å². The summed E-state index contributed by atoms with van der Waals surface area (Å²) in [6.07, 6.45) is 0. The van der Waals surface area contributed by atoms with Crippen molar-refractivity contribution in [3.8, 4) is 11.3 Å². The van der Waals surface area contributed by atoms with E-state index in [9.17, 15) is 9.18 Å². The van der Waals surface area contributed by atoms with E-state index in [1.165, 1.54) is 12.1 Å². The van der Waals surface area contributed by atoms with Crippen LogP contribution >= 0.6 is 12.2 Å². The normalized spacial score (nSPS) is 10.5. The minimum absolute atomic E-state index is 0.135. The second-order valence-electron chi connectivity index (χ2n) is 4.16. The van der Waals surface area contributed by atoms with Crippen molar-refractivity contribution in [2.75, 3.05) is 0 Å². The number of nitrogens with zero attached hydrogens (tertiary/aromatic N) is 1. The van der Waals surface area contributed by atoms with Gasteiger partial charge in [-0.3, -0.25) is 0 Å². The van der Waals surface area contributed by atoms with E-state index in [4.69, 9.17) is 17.3 Å². The summed E-state index contributed by atoms with van der Waals surface area (Å²) in [7, 11) is 0. The van der Waals surface area contributed by atoms with Gasteiger partial charge in [0.1, 0.15) is 16.2 Å². The first kappa shape index (κ1) is 13.4. The lowest BCUT2D eigenvalue weighted by atomic mass is 10.1. The number of hydrogen-bond acceptors (Lipinski definition) is 3. The Bertz CT molecular complexity index is 725. The molecule has 0 spiro atoms. The Balaban J connectivity index is 2.69. The molecule has 0 aliphatic carbocycles. The Hall–Kier alpha value is -2.08. The number of halogens is 1. The van der Waals surface area contributed by atoms with Crippen molar-refractivity contribution in [2.45, 2.75) is 13.8 Å². The fraction of sp³-hybridized carbons (Fsp3) is 0.154. The summed E-state index contributed by atoms with van der Waals surface area (Å²) in [4.78, 5) is 18.2. The average molecular weight is 278 g/mol. The molecule has 2 N–H and O–H groups in total. The monoisotopic (exact) mass is 278 g/mol. The highest BCUT2D eigenvalue weighted by Crippen LogP contribution is 2.22. The van der Waals surface area contributed by atoms with Gasteiger partial charge < -0.3 is 10.1 Å². The topological polar surface area (TPSA) is 66.0 Å². The number of carboxylic acid groups (broad SMARTS) is 1. The zero-order valence-electron chi connectivity index (χ0n) is 10.3. The van der Waals surface area contributed by atoms with Crippen LogP contribution in [0, 0.1) is 24.3 Å². The molecule has 0 aliphatic heterocycles. The Morgan fingerprint density at radius 1 is 1.37 bits per heavy atom. The van der Waals surface area contributed by atoms with E-state index in [1.807, 2.05) is 6.92 Å². The van der Waals surface area contributed by atoms with Gasteiger partial charge in [0.25, 0.3) is 0 Å². The number of rotatable bonds is 2. The van der Waals surface area contributed by atoms with Crippen molar-refractivity contribution in [1.82, 2.24) is 9.97 Å². The summed E-state index contributed by atoms with van der Waals surface area (Å²) in [5, 5.41) is 8.93. The molecule has 0 radical (unpaired) electrons. The lowest BCUT2D eigenvalue weighted by Crippen LogP contribution is -2.00. The Kier molecular flexibility index (Phi) is 3.44. The molecule has 2 aromatic rings. The fourth-order valence-corrected chi connectivity index (χ4v) is 1.98. The quantitative estimate of drug-likeness (QED) is 0.827. The number of H-pyrrole nitrogens is 1. The number of nitrogens with one attached hydrogen (secondary N) is 1. The van der Waals surface area contributed by atoms with E-state index in [-0.39, 0.29) is 5.56 Å². The third-order valence-electron chi connectivity index (χ3n) is 2.76. The fourth-order valence-electron chi connectivity index (χ4n) is 1.67. The van der Waals surface area contributed by atoms with Gasteiger partial charge in [0, 0.05) is 11.3 Å². The predicted octanol–water partition coefficient (Wildman–Crippen LogP) is 3.26. The van der Waals surface area contributed by atoms with Crippen LogP contribution in [0.3, 0.4) is 0 Å². The molecule has 4 nitrogen and oxygen atoms in total. The molecule has 0 aliphatic rings. The van der Waals surface area contributed by atoms with Crippen LogP contribution < -0.4 is 0 Å². The maximum absolute atomic E-state index is 13.4. The van der Waals surface area contributed by atoms with Crippen molar-refractivity contribution in [3.63, 3.8) is 0 Å².